The van der Waals surface area contributed by atoms with Crippen molar-refractivity contribution in [2.75, 3.05) is 4.72 Å². The lowest BCUT2D eigenvalue weighted by atomic mass is 10.1. The molecule has 0 unspecified atom stereocenters. The zero-order chi connectivity index (χ0) is 17.3. The van der Waals surface area contributed by atoms with E-state index >= 15 is 0 Å². The van der Waals surface area contributed by atoms with E-state index in [4.69, 9.17) is 0 Å². The van der Waals surface area contributed by atoms with E-state index in [9.17, 15) is 21.6 Å². The van der Waals surface area contributed by atoms with Crippen LogP contribution >= 0.6 is 0 Å². The van der Waals surface area contributed by atoms with Crippen molar-refractivity contribution in [2.24, 2.45) is 0 Å². The summed E-state index contributed by atoms with van der Waals surface area (Å²) in [4.78, 5) is 2.56. The molecule has 0 aliphatic rings. The quantitative estimate of drug-likeness (QED) is 0.748. The molecule has 2 aromatic carbocycles. The predicted octanol–water partition coefficient (Wildman–Crippen LogP) is 3.90. The molecular weight excluding hydrogens is 341 g/mol. The molecule has 0 amide bonds. The van der Waals surface area contributed by atoms with Crippen molar-refractivity contribution in [2.45, 2.75) is 4.90 Å². The van der Waals surface area contributed by atoms with Gasteiger partial charge in [-0.2, -0.15) is 0 Å². The van der Waals surface area contributed by atoms with Gasteiger partial charge in [0, 0.05) is 23.5 Å². The second-order valence-corrected chi connectivity index (χ2v) is 6.67. The lowest BCUT2D eigenvalue weighted by molar-refractivity contribution is 0.583. The van der Waals surface area contributed by atoms with Gasteiger partial charge < -0.3 is 4.98 Å². The van der Waals surface area contributed by atoms with Gasteiger partial charge in [0.05, 0.1) is 5.69 Å². The summed E-state index contributed by atoms with van der Waals surface area (Å²) in [7, 11) is -4.08. The Balaban J connectivity index is 1.91. The third kappa shape index (κ3) is 3.28. The van der Waals surface area contributed by atoms with Crippen LogP contribution in [0.2, 0.25) is 0 Å². The normalized spacial score (nSPS) is 11.5. The first-order valence-corrected chi connectivity index (χ1v) is 8.26. The van der Waals surface area contributed by atoms with Crippen LogP contribution in [0.5, 0.6) is 0 Å². The van der Waals surface area contributed by atoms with Gasteiger partial charge in [-0.15, -0.1) is 0 Å². The second-order valence-electron chi connectivity index (χ2n) is 4.99. The largest absolute Gasteiger partial charge is 0.360 e. The third-order valence-corrected chi connectivity index (χ3v) is 4.62. The Labute approximate surface area is 136 Å². The summed E-state index contributed by atoms with van der Waals surface area (Å²) >= 11 is 0. The Morgan fingerprint density at radius 2 is 1.67 bits per heavy atom. The molecule has 0 spiro atoms. The fourth-order valence-corrected chi connectivity index (χ4v) is 3.19. The van der Waals surface area contributed by atoms with Crippen molar-refractivity contribution in [1.29, 1.82) is 0 Å². The molecule has 124 valence electrons. The molecule has 0 aliphatic carbocycles. The molecule has 0 radical (unpaired) electrons. The number of anilines is 1. The number of sulfonamides is 1. The van der Waals surface area contributed by atoms with Gasteiger partial charge in [0.25, 0.3) is 10.0 Å². The van der Waals surface area contributed by atoms with Crippen LogP contribution in [0.1, 0.15) is 0 Å². The molecule has 0 atom stereocenters. The molecule has 0 aliphatic heterocycles. The first kappa shape index (κ1) is 16.1. The molecule has 1 heterocycles. The van der Waals surface area contributed by atoms with Crippen LogP contribution in [0.4, 0.5) is 18.9 Å². The van der Waals surface area contributed by atoms with Crippen LogP contribution in [-0.2, 0) is 10.0 Å². The average Bonchev–Trinajstić information content (AvgIpc) is 3.01. The van der Waals surface area contributed by atoms with Gasteiger partial charge >= 0.3 is 0 Å². The molecule has 0 fully saturated rings. The summed E-state index contributed by atoms with van der Waals surface area (Å²) in [6.07, 6.45) is 1.20. The van der Waals surface area contributed by atoms with E-state index in [0.717, 1.165) is 12.1 Å². The average molecular weight is 352 g/mol. The zero-order valence-electron chi connectivity index (χ0n) is 12.1. The number of halogens is 3. The highest BCUT2D eigenvalue weighted by atomic mass is 32.2. The first-order valence-electron chi connectivity index (χ1n) is 6.77. The number of benzene rings is 2. The predicted molar refractivity (Wildman–Crippen MR) is 83.4 cm³/mol. The van der Waals surface area contributed by atoms with Crippen molar-refractivity contribution in [1.82, 2.24) is 4.98 Å². The molecule has 0 saturated heterocycles. The maximum atomic E-state index is 13.6. The summed E-state index contributed by atoms with van der Waals surface area (Å²) < 4.78 is 66.3. The van der Waals surface area contributed by atoms with Crippen LogP contribution in [0.25, 0.3) is 11.3 Å². The molecule has 0 bridgehead atoms. The third-order valence-electron chi connectivity index (χ3n) is 3.28. The molecule has 0 saturated carbocycles. The van der Waals surface area contributed by atoms with Gasteiger partial charge in [-0.25, -0.2) is 21.6 Å². The lowest BCUT2D eigenvalue weighted by Gasteiger charge is -2.07. The minimum Gasteiger partial charge on any atom is -0.360 e. The highest BCUT2D eigenvalue weighted by Gasteiger charge is 2.19. The number of aromatic nitrogens is 1. The monoisotopic (exact) mass is 352 g/mol. The summed E-state index contributed by atoms with van der Waals surface area (Å²) in [5.74, 6) is -2.30. The Morgan fingerprint density at radius 3 is 2.38 bits per heavy atom. The van der Waals surface area contributed by atoms with Crippen molar-refractivity contribution >= 4 is 15.7 Å². The maximum absolute atomic E-state index is 13.6. The highest BCUT2D eigenvalue weighted by molar-refractivity contribution is 7.92. The number of aromatic amines is 1. The minimum absolute atomic E-state index is 0.162. The number of hydrogen-bond acceptors (Lipinski definition) is 2. The van der Waals surface area contributed by atoms with Crippen LogP contribution < -0.4 is 4.72 Å². The van der Waals surface area contributed by atoms with Crippen LogP contribution in [-0.4, -0.2) is 13.4 Å². The summed E-state index contributed by atoms with van der Waals surface area (Å²) in [6.45, 7) is 0. The number of nitrogens with one attached hydrogen (secondary N) is 2. The fraction of sp³-hybridized carbons (Fsp3) is 0. The Kier molecular flexibility index (Phi) is 4.06. The Morgan fingerprint density at radius 1 is 0.917 bits per heavy atom. The van der Waals surface area contributed by atoms with Crippen molar-refractivity contribution < 1.29 is 21.6 Å². The van der Waals surface area contributed by atoms with E-state index in [-0.39, 0.29) is 10.6 Å². The number of H-pyrrole nitrogens is 1. The van der Waals surface area contributed by atoms with Crippen LogP contribution in [0, 0.1) is 17.5 Å². The van der Waals surface area contributed by atoms with Gasteiger partial charge in [0.15, 0.2) is 0 Å². The van der Waals surface area contributed by atoms with E-state index in [1.165, 1.54) is 30.5 Å². The first-order chi connectivity index (χ1) is 11.3. The molecular formula is C16H11F3N2O2S. The van der Waals surface area contributed by atoms with Crippen LogP contribution in [0.3, 0.4) is 0 Å². The minimum atomic E-state index is -4.08. The van der Waals surface area contributed by atoms with E-state index in [2.05, 4.69) is 4.98 Å². The van der Waals surface area contributed by atoms with Crippen molar-refractivity contribution in [3.63, 3.8) is 0 Å². The number of rotatable bonds is 4. The van der Waals surface area contributed by atoms with Gasteiger partial charge in [-0.3, -0.25) is 4.72 Å². The smallest absolute Gasteiger partial charge is 0.263 e. The molecule has 4 nitrogen and oxygen atoms in total. The molecule has 24 heavy (non-hydrogen) atoms. The maximum Gasteiger partial charge on any atom is 0.263 e. The Bertz CT molecular complexity index is 1000. The van der Waals surface area contributed by atoms with Gasteiger partial charge in [-0.1, -0.05) is 12.1 Å². The number of hydrogen-bond donors (Lipinski definition) is 2. The molecule has 3 aromatic rings. The van der Waals surface area contributed by atoms with E-state index in [1.54, 1.807) is 6.07 Å². The molecule has 1 aromatic heterocycles. The van der Waals surface area contributed by atoms with Gasteiger partial charge in [-0.05, 0) is 30.3 Å². The molecule has 8 heteroatoms. The summed E-state index contributed by atoms with van der Waals surface area (Å²) in [5, 5.41) is 0. The SMILES string of the molecule is O=S(=O)(Nc1ccc(F)cc1F)c1c[nH]c(-c2cccc(F)c2)c1. The summed E-state index contributed by atoms with van der Waals surface area (Å²) in [5.41, 5.74) is 0.476. The standard InChI is InChI=1S/C16H11F3N2O2S/c17-11-3-1-2-10(6-11)16-8-13(9-20-16)24(22,23)21-15-5-4-12(18)7-14(15)19/h1-9,20-21H. The van der Waals surface area contributed by atoms with E-state index < -0.39 is 27.5 Å². The zero-order valence-corrected chi connectivity index (χ0v) is 12.9. The van der Waals surface area contributed by atoms with Crippen molar-refractivity contribution in [3.8, 4) is 11.3 Å². The topological polar surface area (TPSA) is 62.0 Å². The highest BCUT2D eigenvalue weighted by Crippen LogP contribution is 2.24. The van der Waals surface area contributed by atoms with Crippen LogP contribution in [0.15, 0.2) is 59.6 Å². The fourth-order valence-electron chi connectivity index (χ4n) is 2.13. The molecule has 2 N–H and O–H groups in total. The van der Waals surface area contributed by atoms with E-state index in [1.807, 2.05) is 4.72 Å². The van der Waals surface area contributed by atoms with Gasteiger partial charge in [0.1, 0.15) is 22.3 Å². The van der Waals surface area contributed by atoms with Gasteiger partial charge in [0.2, 0.25) is 0 Å². The second kappa shape index (κ2) is 6.04. The van der Waals surface area contributed by atoms with E-state index in [0.29, 0.717) is 17.3 Å². The van der Waals surface area contributed by atoms with Crippen molar-refractivity contribution in [3.05, 3.63) is 72.2 Å². The lowest BCUT2D eigenvalue weighted by Crippen LogP contribution is -2.13. The Hall–Kier alpha value is -2.74. The molecule has 3 rings (SSSR count). The summed E-state index contributed by atoms with van der Waals surface area (Å²) in [6, 6.07) is 9.41.